The van der Waals surface area contributed by atoms with Crippen LogP contribution in [0.4, 0.5) is 0 Å². The molecule has 0 radical (unpaired) electrons. The van der Waals surface area contributed by atoms with Crippen LogP contribution in [-0.4, -0.2) is 14.3 Å². The van der Waals surface area contributed by atoms with Crippen LogP contribution in [0.3, 0.4) is 0 Å². The van der Waals surface area contributed by atoms with E-state index in [1.54, 1.807) is 12.1 Å². The fourth-order valence-electron chi connectivity index (χ4n) is 2.39. The smallest absolute Gasteiger partial charge is 0.273 e. The number of benzene rings is 1. The molecule has 5 nitrogen and oxygen atoms in total. The van der Waals surface area contributed by atoms with Crippen LogP contribution in [0, 0.1) is 6.92 Å². The van der Waals surface area contributed by atoms with E-state index >= 15 is 0 Å². The molecule has 0 saturated carbocycles. The van der Waals surface area contributed by atoms with Crippen molar-refractivity contribution in [2.45, 2.75) is 31.1 Å². The topological polar surface area (TPSA) is 75.3 Å². The molecule has 0 bridgehead atoms. The minimum Gasteiger partial charge on any atom is -0.273 e. The van der Waals surface area contributed by atoms with E-state index in [-0.39, 0.29) is 4.90 Å². The highest BCUT2D eigenvalue weighted by molar-refractivity contribution is 7.89. The van der Waals surface area contributed by atoms with Gasteiger partial charge in [-0.05, 0) is 49.9 Å². The first-order chi connectivity index (χ1) is 10.5. The van der Waals surface area contributed by atoms with Gasteiger partial charge in [0, 0.05) is 4.88 Å². The second-order valence-electron chi connectivity index (χ2n) is 5.29. The van der Waals surface area contributed by atoms with E-state index < -0.39 is 15.9 Å². The van der Waals surface area contributed by atoms with Crippen molar-refractivity contribution in [2.75, 3.05) is 0 Å². The first-order valence-electron chi connectivity index (χ1n) is 6.96. The van der Waals surface area contributed by atoms with Crippen molar-refractivity contribution in [3.8, 4) is 0 Å². The Bertz CT molecular complexity index is 786. The van der Waals surface area contributed by atoms with Crippen molar-refractivity contribution in [1.82, 2.24) is 10.3 Å². The number of thiophene rings is 1. The Morgan fingerprint density at radius 3 is 2.59 bits per heavy atom. The summed E-state index contributed by atoms with van der Waals surface area (Å²) in [6, 6.07) is 8.27. The van der Waals surface area contributed by atoms with E-state index in [0.29, 0.717) is 4.88 Å². The van der Waals surface area contributed by atoms with E-state index in [4.69, 9.17) is 0 Å². The van der Waals surface area contributed by atoms with Crippen LogP contribution >= 0.6 is 11.3 Å². The lowest BCUT2D eigenvalue weighted by atomic mass is 10.2. The summed E-state index contributed by atoms with van der Waals surface area (Å²) in [5.41, 5.74) is 4.45. The summed E-state index contributed by atoms with van der Waals surface area (Å²) in [5.74, 6) is -0.421. The maximum atomic E-state index is 12.1. The number of amides is 1. The number of carbonyl (C=O) groups excluding carboxylic acids is 1. The minimum absolute atomic E-state index is 0.118. The lowest BCUT2D eigenvalue weighted by molar-refractivity contribution is 0.0949. The Morgan fingerprint density at radius 2 is 1.91 bits per heavy atom. The average molecular weight is 336 g/mol. The van der Waals surface area contributed by atoms with Gasteiger partial charge in [0.25, 0.3) is 15.9 Å². The zero-order chi connectivity index (χ0) is 15.7. The Morgan fingerprint density at radius 1 is 1.18 bits per heavy atom. The Balaban J connectivity index is 1.68. The summed E-state index contributed by atoms with van der Waals surface area (Å²) in [7, 11) is -3.75. The molecule has 7 heteroatoms. The van der Waals surface area contributed by atoms with Gasteiger partial charge in [-0.25, -0.2) is 8.42 Å². The molecule has 1 amide bonds. The molecule has 1 aromatic heterocycles. The van der Waals surface area contributed by atoms with Crippen LogP contribution in [-0.2, 0) is 22.9 Å². The molecule has 0 aliphatic heterocycles. The molecule has 116 valence electrons. The molecule has 1 aliphatic carbocycles. The van der Waals surface area contributed by atoms with Gasteiger partial charge in [-0.15, -0.1) is 16.2 Å². The van der Waals surface area contributed by atoms with Gasteiger partial charge in [-0.1, -0.05) is 17.7 Å². The SMILES string of the molecule is Cc1ccc(S(=O)(=O)NNC(=O)c2cc3c(s2)CCC3)cc1. The molecule has 1 heterocycles. The molecule has 0 saturated heterocycles. The summed E-state index contributed by atoms with van der Waals surface area (Å²) < 4.78 is 24.2. The predicted octanol–water partition coefficient (Wildman–Crippen LogP) is 2.17. The summed E-state index contributed by atoms with van der Waals surface area (Å²) in [4.78, 5) is 16.1. The molecule has 0 fully saturated rings. The number of hydrazine groups is 1. The second kappa shape index (κ2) is 5.83. The van der Waals surface area contributed by atoms with Crippen molar-refractivity contribution in [2.24, 2.45) is 0 Å². The largest absolute Gasteiger partial charge is 0.276 e. The number of sulfonamides is 1. The number of fused-ring (bicyclic) bond motifs is 1. The quantitative estimate of drug-likeness (QED) is 0.840. The lowest BCUT2D eigenvalue weighted by Crippen LogP contribution is -2.41. The summed E-state index contributed by atoms with van der Waals surface area (Å²) >= 11 is 1.43. The van der Waals surface area contributed by atoms with Gasteiger partial charge >= 0.3 is 0 Å². The number of carbonyl (C=O) groups is 1. The highest BCUT2D eigenvalue weighted by atomic mass is 32.2. The van der Waals surface area contributed by atoms with Crippen LogP contribution in [0.25, 0.3) is 0 Å². The molecule has 0 unspecified atom stereocenters. The van der Waals surface area contributed by atoms with E-state index in [0.717, 1.165) is 24.8 Å². The fraction of sp³-hybridized carbons (Fsp3) is 0.267. The van der Waals surface area contributed by atoms with Crippen LogP contribution < -0.4 is 10.3 Å². The first-order valence-corrected chi connectivity index (χ1v) is 9.26. The van der Waals surface area contributed by atoms with E-state index in [2.05, 4.69) is 10.3 Å². The van der Waals surface area contributed by atoms with Crippen molar-refractivity contribution in [1.29, 1.82) is 0 Å². The number of rotatable bonds is 4. The molecule has 2 aromatic rings. The zero-order valence-corrected chi connectivity index (χ0v) is 13.7. The predicted molar refractivity (Wildman–Crippen MR) is 85.3 cm³/mol. The molecule has 0 atom stereocenters. The van der Waals surface area contributed by atoms with Crippen molar-refractivity contribution in [3.63, 3.8) is 0 Å². The van der Waals surface area contributed by atoms with E-state index in [9.17, 15) is 13.2 Å². The Labute approximate surface area is 133 Å². The number of hydrogen-bond acceptors (Lipinski definition) is 4. The third-order valence-electron chi connectivity index (χ3n) is 3.60. The summed E-state index contributed by atoms with van der Waals surface area (Å²) in [5, 5.41) is 0. The molecule has 3 rings (SSSR count). The van der Waals surface area contributed by atoms with Gasteiger partial charge in [0.15, 0.2) is 0 Å². The van der Waals surface area contributed by atoms with Gasteiger partial charge in [-0.3, -0.25) is 10.2 Å². The molecular formula is C15H16N2O3S2. The molecule has 1 aliphatic rings. The maximum Gasteiger partial charge on any atom is 0.276 e. The average Bonchev–Trinajstić information content (AvgIpc) is 3.06. The molecule has 2 N–H and O–H groups in total. The van der Waals surface area contributed by atoms with Crippen LogP contribution in [0.5, 0.6) is 0 Å². The number of nitrogens with one attached hydrogen (secondary N) is 2. The third-order valence-corrected chi connectivity index (χ3v) is 6.10. The second-order valence-corrected chi connectivity index (χ2v) is 8.10. The Hall–Kier alpha value is -1.70. The van der Waals surface area contributed by atoms with Gasteiger partial charge in [0.05, 0.1) is 9.77 Å². The van der Waals surface area contributed by atoms with Gasteiger partial charge in [0.2, 0.25) is 0 Å². The molecule has 1 aromatic carbocycles. The van der Waals surface area contributed by atoms with Crippen LogP contribution in [0.1, 0.15) is 32.1 Å². The van der Waals surface area contributed by atoms with Crippen molar-refractivity contribution >= 4 is 27.3 Å². The van der Waals surface area contributed by atoms with Gasteiger partial charge in [-0.2, -0.15) is 0 Å². The summed E-state index contributed by atoms with van der Waals surface area (Å²) in [6.45, 7) is 1.88. The fourth-order valence-corrected chi connectivity index (χ4v) is 4.38. The monoisotopic (exact) mass is 336 g/mol. The van der Waals surface area contributed by atoms with Gasteiger partial charge < -0.3 is 0 Å². The highest BCUT2D eigenvalue weighted by Gasteiger charge is 2.20. The normalized spacial score (nSPS) is 13.9. The zero-order valence-electron chi connectivity index (χ0n) is 12.0. The number of hydrogen-bond donors (Lipinski definition) is 2. The van der Waals surface area contributed by atoms with Crippen LogP contribution in [0.15, 0.2) is 35.2 Å². The minimum atomic E-state index is -3.75. The standard InChI is InChI=1S/C15H16N2O3S2/c1-10-5-7-12(8-6-10)22(19,20)17-16-15(18)14-9-11-3-2-4-13(11)21-14/h5-9,17H,2-4H2,1H3,(H,16,18). The van der Waals surface area contributed by atoms with Gasteiger partial charge in [0.1, 0.15) is 0 Å². The molecule has 0 spiro atoms. The Kier molecular flexibility index (Phi) is 4.03. The molecular weight excluding hydrogens is 320 g/mol. The third kappa shape index (κ3) is 3.06. The van der Waals surface area contributed by atoms with E-state index in [1.807, 2.05) is 13.0 Å². The van der Waals surface area contributed by atoms with E-state index in [1.165, 1.54) is 33.9 Å². The first kappa shape index (κ1) is 15.2. The summed E-state index contributed by atoms with van der Waals surface area (Å²) in [6.07, 6.45) is 3.12. The van der Waals surface area contributed by atoms with Crippen LogP contribution in [0.2, 0.25) is 0 Å². The van der Waals surface area contributed by atoms with Crippen molar-refractivity contribution < 1.29 is 13.2 Å². The molecule has 22 heavy (non-hydrogen) atoms. The van der Waals surface area contributed by atoms with Crippen molar-refractivity contribution in [3.05, 3.63) is 51.2 Å². The maximum absolute atomic E-state index is 12.1. The number of aryl methyl sites for hydroxylation is 3. The lowest BCUT2D eigenvalue weighted by Gasteiger charge is -2.07. The highest BCUT2D eigenvalue weighted by Crippen LogP contribution is 2.30.